The lowest BCUT2D eigenvalue weighted by atomic mass is 9.77. The van der Waals surface area contributed by atoms with Crippen molar-refractivity contribution >= 4 is 18.3 Å². The number of para-hydroxylation sites is 1. The van der Waals surface area contributed by atoms with Crippen LogP contribution in [0.15, 0.2) is 54.6 Å². The minimum atomic E-state index is -1.43. The average molecular weight is 283 g/mol. The number of hydrogen-bond donors (Lipinski definition) is 2. The lowest BCUT2D eigenvalue weighted by Gasteiger charge is -2.26. The molecule has 0 amide bonds. The van der Waals surface area contributed by atoms with Crippen molar-refractivity contribution in [3.05, 3.63) is 60.2 Å². The van der Waals surface area contributed by atoms with Crippen LogP contribution in [-0.4, -0.2) is 23.7 Å². The van der Waals surface area contributed by atoms with Crippen molar-refractivity contribution in [1.29, 1.82) is 0 Å². The van der Waals surface area contributed by atoms with Gasteiger partial charge in [-0.25, -0.2) is 0 Å². The fraction of sp³-hybridized carbons (Fsp3) is 0.294. The lowest BCUT2D eigenvalue weighted by Crippen LogP contribution is -2.36. The highest BCUT2D eigenvalue weighted by Gasteiger charge is 2.17. The number of rotatable bonds is 7. The van der Waals surface area contributed by atoms with E-state index in [4.69, 9.17) is 0 Å². The summed E-state index contributed by atoms with van der Waals surface area (Å²) in [5.41, 5.74) is 2.69. The Balaban J connectivity index is 2.23. The van der Waals surface area contributed by atoms with Gasteiger partial charge in [0.2, 0.25) is 0 Å². The first-order valence-corrected chi connectivity index (χ1v) is 7.46. The first-order valence-electron chi connectivity index (χ1n) is 7.46. The summed E-state index contributed by atoms with van der Waals surface area (Å²) in [6.45, 7) is 3.81. The Morgan fingerprint density at radius 2 is 1.62 bits per heavy atom. The van der Waals surface area contributed by atoms with E-state index in [9.17, 15) is 10.0 Å². The van der Waals surface area contributed by atoms with Gasteiger partial charge in [-0.05, 0) is 29.6 Å². The molecular formula is C17H22BNO2. The summed E-state index contributed by atoms with van der Waals surface area (Å²) < 4.78 is 0. The number of anilines is 1. The Bertz CT molecular complexity index is 545. The molecule has 110 valence electrons. The molecule has 3 nitrogen and oxygen atoms in total. The van der Waals surface area contributed by atoms with Gasteiger partial charge < -0.3 is 14.9 Å². The third-order valence-electron chi connectivity index (χ3n) is 3.60. The summed E-state index contributed by atoms with van der Waals surface area (Å²) >= 11 is 0. The molecular weight excluding hydrogens is 261 g/mol. The summed E-state index contributed by atoms with van der Waals surface area (Å²) in [7, 11) is -1.43. The minimum Gasteiger partial charge on any atom is -0.423 e. The normalized spacial score (nSPS) is 10.4. The van der Waals surface area contributed by atoms with E-state index in [1.807, 2.05) is 36.4 Å². The Hall–Kier alpha value is -1.78. The predicted octanol–water partition coefficient (Wildman–Crippen LogP) is 2.17. The van der Waals surface area contributed by atoms with Crippen LogP contribution in [0.25, 0.3) is 0 Å². The van der Waals surface area contributed by atoms with Crippen LogP contribution in [0.4, 0.5) is 5.69 Å². The van der Waals surface area contributed by atoms with Gasteiger partial charge in [-0.3, -0.25) is 0 Å². The van der Waals surface area contributed by atoms with Crippen LogP contribution in [0.1, 0.15) is 25.3 Å². The van der Waals surface area contributed by atoms with Gasteiger partial charge in [0.25, 0.3) is 0 Å². The van der Waals surface area contributed by atoms with Crippen LogP contribution in [0, 0.1) is 0 Å². The van der Waals surface area contributed by atoms with E-state index in [1.165, 1.54) is 0 Å². The van der Waals surface area contributed by atoms with Gasteiger partial charge in [0.1, 0.15) is 0 Å². The first-order chi connectivity index (χ1) is 10.2. The number of hydrogen-bond acceptors (Lipinski definition) is 3. The number of unbranched alkanes of at least 4 members (excludes halogenated alkanes) is 1. The summed E-state index contributed by atoms with van der Waals surface area (Å²) in [6.07, 6.45) is 2.24. The van der Waals surface area contributed by atoms with Crippen molar-refractivity contribution in [2.24, 2.45) is 0 Å². The van der Waals surface area contributed by atoms with Crippen molar-refractivity contribution in [1.82, 2.24) is 0 Å². The van der Waals surface area contributed by atoms with Gasteiger partial charge in [-0.1, -0.05) is 55.8 Å². The van der Waals surface area contributed by atoms with Crippen molar-refractivity contribution in [3.8, 4) is 0 Å². The van der Waals surface area contributed by atoms with E-state index in [2.05, 4.69) is 24.0 Å². The van der Waals surface area contributed by atoms with Gasteiger partial charge in [-0.2, -0.15) is 0 Å². The third kappa shape index (κ3) is 4.35. The molecule has 0 aromatic heterocycles. The second-order valence-corrected chi connectivity index (χ2v) is 5.18. The smallest absolute Gasteiger partial charge is 0.423 e. The molecule has 2 aromatic rings. The Morgan fingerprint density at radius 3 is 2.29 bits per heavy atom. The monoisotopic (exact) mass is 283 g/mol. The van der Waals surface area contributed by atoms with Crippen molar-refractivity contribution in [3.63, 3.8) is 0 Å². The topological polar surface area (TPSA) is 43.7 Å². The number of benzene rings is 2. The Kier molecular flexibility index (Phi) is 5.84. The molecule has 0 bridgehead atoms. The molecule has 0 saturated carbocycles. The van der Waals surface area contributed by atoms with E-state index in [0.717, 1.165) is 30.6 Å². The molecule has 4 heteroatoms. The molecule has 2 rings (SSSR count). The first kappa shape index (κ1) is 15.6. The SMILES string of the molecule is CCCCN(Cc1ccccc1B(O)O)c1ccccc1. The average Bonchev–Trinajstić information content (AvgIpc) is 2.52. The molecule has 0 radical (unpaired) electrons. The third-order valence-corrected chi connectivity index (χ3v) is 3.60. The quantitative estimate of drug-likeness (QED) is 0.765. The largest absolute Gasteiger partial charge is 0.488 e. The molecule has 0 saturated heterocycles. The molecule has 0 spiro atoms. The molecule has 0 atom stereocenters. The molecule has 0 unspecified atom stereocenters. The number of nitrogens with zero attached hydrogens (tertiary/aromatic N) is 1. The van der Waals surface area contributed by atoms with Crippen molar-refractivity contribution in [2.75, 3.05) is 11.4 Å². The van der Waals surface area contributed by atoms with E-state index in [1.54, 1.807) is 6.07 Å². The van der Waals surface area contributed by atoms with Gasteiger partial charge in [0, 0.05) is 18.8 Å². The Morgan fingerprint density at radius 1 is 0.952 bits per heavy atom. The molecule has 0 aliphatic carbocycles. The molecule has 0 aliphatic rings. The maximum absolute atomic E-state index is 9.50. The van der Waals surface area contributed by atoms with Crippen LogP contribution in [-0.2, 0) is 6.54 Å². The summed E-state index contributed by atoms with van der Waals surface area (Å²) in [5.74, 6) is 0. The second kappa shape index (κ2) is 7.86. The van der Waals surface area contributed by atoms with Gasteiger partial charge >= 0.3 is 7.12 Å². The summed E-state index contributed by atoms with van der Waals surface area (Å²) in [4.78, 5) is 2.28. The fourth-order valence-corrected chi connectivity index (χ4v) is 2.42. The van der Waals surface area contributed by atoms with Gasteiger partial charge in [-0.15, -0.1) is 0 Å². The lowest BCUT2D eigenvalue weighted by molar-refractivity contribution is 0.425. The summed E-state index contributed by atoms with van der Waals surface area (Å²) in [5, 5.41) is 19.0. The van der Waals surface area contributed by atoms with Crippen LogP contribution in [0.2, 0.25) is 0 Å². The fourth-order valence-electron chi connectivity index (χ4n) is 2.42. The van der Waals surface area contributed by atoms with Gasteiger partial charge in [0.05, 0.1) is 0 Å². The van der Waals surface area contributed by atoms with Crippen LogP contribution >= 0.6 is 0 Å². The van der Waals surface area contributed by atoms with Gasteiger partial charge in [0.15, 0.2) is 0 Å². The van der Waals surface area contributed by atoms with Crippen LogP contribution < -0.4 is 10.4 Å². The maximum Gasteiger partial charge on any atom is 0.488 e. The zero-order valence-corrected chi connectivity index (χ0v) is 12.4. The molecule has 0 fully saturated rings. The highest BCUT2D eigenvalue weighted by atomic mass is 16.4. The standard InChI is InChI=1S/C17H22BNO2/c1-2-3-13-19(16-10-5-4-6-11-16)14-15-9-7-8-12-17(15)18(20)21/h4-12,20-21H,2-3,13-14H2,1H3. The Labute approximate surface area is 127 Å². The molecule has 0 aliphatic heterocycles. The van der Waals surface area contributed by atoms with E-state index in [-0.39, 0.29) is 0 Å². The summed E-state index contributed by atoms with van der Waals surface area (Å²) in [6, 6.07) is 17.7. The minimum absolute atomic E-state index is 0.579. The highest BCUT2D eigenvalue weighted by molar-refractivity contribution is 6.59. The zero-order valence-electron chi connectivity index (χ0n) is 12.4. The van der Waals surface area contributed by atoms with E-state index >= 15 is 0 Å². The van der Waals surface area contributed by atoms with Crippen LogP contribution in [0.3, 0.4) is 0 Å². The maximum atomic E-state index is 9.50. The van der Waals surface area contributed by atoms with Crippen molar-refractivity contribution in [2.45, 2.75) is 26.3 Å². The molecule has 2 N–H and O–H groups in total. The van der Waals surface area contributed by atoms with E-state index < -0.39 is 7.12 Å². The highest BCUT2D eigenvalue weighted by Crippen LogP contribution is 2.17. The van der Waals surface area contributed by atoms with E-state index in [0.29, 0.717) is 12.0 Å². The van der Waals surface area contributed by atoms with Crippen molar-refractivity contribution < 1.29 is 10.0 Å². The zero-order chi connectivity index (χ0) is 15.1. The molecule has 0 heterocycles. The van der Waals surface area contributed by atoms with Crippen LogP contribution in [0.5, 0.6) is 0 Å². The predicted molar refractivity (Wildman–Crippen MR) is 88.7 cm³/mol. The molecule has 21 heavy (non-hydrogen) atoms. The molecule has 2 aromatic carbocycles. The second-order valence-electron chi connectivity index (χ2n) is 5.18.